The van der Waals surface area contributed by atoms with Gasteiger partial charge in [0, 0.05) is 0 Å². The lowest BCUT2D eigenvalue weighted by Gasteiger charge is -2.45. The van der Waals surface area contributed by atoms with Crippen LogP contribution in [0.5, 0.6) is 0 Å². The van der Waals surface area contributed by atoms with Crippen LogP contribution in [0.15, 0.2) is 0 Å². The summed E-state index contributed by atoms with van der Waals surface area (Å²) in [5.41, 5.74) is -0.675. The standard InChI is InChI=1S/C9H21BO3/c1-7(2)9(6,8(3,4)5)13-10(11)12/h7,11-12H,1-6H3. The van der Waals surface area contributed by atoms with Gasteiger partial charge in [0.05, 0.1) is 5.60 Å². The van der Waals surface area contributed by atoms with E-state index in [0.717, 1.165) is 0 Å². The van der Waals surface area contributed by atoms with E-state index in [4.69, 9.17) is 14.7 Å². The van der Waals surface area contributed by atoms with E-state index in [1.807, 2.05) is 41.5 Å². The molecule has 0 aliphatic rings. The molecule has 0 aromatic carbocycles. The maximum absolute atomic E-state index is 8.83. The molecule has 0 fully saturated rings. The van der Waals surface area contributed by atoms with Crippen LogP contribution in [0.4, 0.5) is 0 Å². The van der Waals surface area contributed by atoms with Crippen LogP contribution in [0, 0.1) is 11.3 Å². The molecule has 0 saturated heterocycles. The summed E-state index contributed by atoms with van der Waals surface area (Å²) in [5, 5.41) is 17.7. The highest BCUT2D eigenvalue weighted by molar-refractivity contribution is 6.32. The predicted molar refractivity (Wildman–Crippen MR) is 54.0 cm³/mol. The molecule has 0 spiro atoms. The van der Waals surface area contributed by atoms with Crippen molar-refractivity contribution in [3.05, 3.63) is 0 Å². The molecule has 2 N–H and O–H groups in total. The van der Waals surface area contributed by atoms with E-state index in [1.54, 1.807) is 0 Å². The van der Waals surface area contributed by atoms with E-state index < -0.39 is 12.9 Å². The fraction of sp³-hybridized carbons (Fsp3) is 1.00. The van der Waals surface area contributed by atoms with Crippen molar-refractivity contribution >= 4 is 7.32 Å². The summed E-state index contributed by atoms with van der Waals surface area (Å²) >= 11 is 0. The van der Waals surface area contributed by atoms with Gasteiger partial charge in [-0.1, -0.05) is 34.6 Å². The maximum Gasteiger partial charge on any atom is 0.634 e. The highest BCUT2D eigenvalue weighted by Gasteiger charge is 2.43. The zero-order chi connectivity index (χ0) is 10.9. The first-order valence-electron chi connectivity index (χ1n) is 4.65. The first-order chi connectivity index (χ1) is 5.61. The average Bonchev–Trinajstić information content (AvgIpc) is 1.82. The summed E-state index contributed by atoms with van der Waals surface area (Å²) in [5.74, 6) is 0.217. The van der Waals surface area contributed by atoms with Crippen molar-refractivity contribution in [3.63, 3.8) is 0 Å². The SMILES string of the molecule is CC(C)C(C)(OB(O)O)C(C)(C)C. The zero-order valence-corrected chi connectivity index (χ0v) is 9.46. The molecular weight excluding hydrogens is 167 g/mol. The smallest absolute Gasteiger partial charge is 0.402 e. The molecule has 4 heteroatoms. The van der Waals surface area contributed by atoms with E-state index in [9.17, 15) is 0 Å². The Kier molecular flexibility index (Phi) is 3.97. The molecule has 0 aliphatic heterocycles. The number of hydrogen-bond acceptors (Lipinski definition) is 3. The highest BCUT2D eigenvalue weighted by Crippen LogP contribution is 2.39. The lowest BCUT2D eigenvalue weighted by molar-refractivity contribution is -0.0827. The molecule has 0 aromatic heterocycles. The lowest BCUT2D eigenvalue weighted by Crippen LogP contribution is -2.50. The third kappa shape index (κ3) is 2.97. The second kappa shape index (κ2) is 3.99. The largest absolute Gasteiger partial charge is 0.634 e. The lowest BCUT2D eigenvalue weighted by atomic mass is 9.70. The summed E-state index contributed by atoms with van der Waals surface area (Å²) in [6.45, 7) is 12.0. The Morgan fingerprint density at radius 3 is 1.54 bits per heavy atom. The normalized spacial score (nSPS) is 17.3. The molecule has 0 bridgehead atoms. The summed E-state index contributed by atoms with van der Waals surface area (Å²) in [4.78, 5) is 0. The van der Waals surface area contributed by atoms with Crippen molar-refractivity contribution in [2.24, 2.45) is 11.3 Å². The molecule has 1 unspecified atom stereocenters. The first-order valence-corrected chi connectivity index (χ1v) is 4.65. The molecule has 0 amide bonds. The van der Waals surface area contributed by atoms with Gasteiger partial charge in [0.25, 0.3) is 0 Å². The van der Waals surface area contributed by atoms with Crippen molar-refractivity contribution in [1.82, 2.24) is 0 Å². The van der Waals surface area contributed by atoms with E-state index in [2.05, 4.69) is 0 Å². The molecule has 0 heterocycles. The molecule has 0 saturated carbocycles. The van der Waals surface area contributed by atoms with Gasteiger partial charge in [-0.15, -0.1) is 0 Å². The fourth-order valence-corrected chi connectivity index (χ4v) is 1.40. The highest BCUT2D eigenvalue weighted by atomic mass is 16.6. The van der Waals surface area contributed by atoms with Gasteiger partial charge in [-0.3, -0.25) is 0 Å². The van der Waals surface area contributed by atoms with Gasteiger partial charge in [0.1, 0.15) is 0 Å². The van der Waals surface area contributed by atoms with Gasteiger partial charge in [0.15, 0.2) is 0 Å². The van der Waals surface area contributed by atoms with Crippen LogP contribution in [-0.4, -0.2) is 23.0 Å². The second-order valence-electron chi connectivity index (χ2n) is 4.96. The molecule has 0 radical (unpaired) electrons. The summed E-state index contributed by atoms with van der Waals surface area (Å²) in [7, 11) is -1.70. The fourth-order valence-electron chi connectivity index (χ4n) is 1.40. The third-order valence-electron chi connectivity index (χ3n) is 2.94. The molecule has 13 heavy (non-hydrogen) atoms. The number of hydrogen-bond donors (Lipinski definition) is 2. The van der Waals surface area contributed by atoms with E-state index >= 15 is 0 Å². The minimum Gasteiger partial charge on any atom is -0.402 e. The molecule has 1 atom stereocenters. The third-order valence-corrected chi connectivity index (χ3v) is 2.94. The molecular formula is C9H21BO3. The number of rotatable bonds is 3. The van der Waals surface area contributed by atoms with Gasteiger partial charge >= 0.3 is 7.32 Å². The van der Waals surface area contributed by atoms with Crippen LogP contribution in [0.2, 0.25) is 0 Å². The zero-order valence-electron chi connectivity index (χ0n) is 9.46. The Morgan fingerprint density at radius 1 is 1.08 bits per heavy atom. The Balaban J connectivity index is 4.74. The van der Waals surface area contributed by atoms with Gasteiger partial charge in [-0.25, -0.2) is 0 Å². The monoisotopic (exact) mass is 188 g/mol. The summed E-state index contributed by atoms with van der Waals surface area (Å²) in [6.07, 6.45) is 0. The minimum absolute atomic E-state index is 0.134. The average molecular weight is 188 g/mol. The van der Waals surface area contributed by atoms with Gasteiger partial charge < -0.3 is 14.7 Å². The summed E-state index contributed by atoms with van der Waals surface area (Å²) < 4.78 is 5.17. The molecule has 0 rings (SSSR count). The molecule has 0 aliphatic carbocycles. The van der Waals surface area contributed by atoms with Crippen LogP contribution < -0.4 is 0 Å². The minimum atomic E-state index is -1.70. The topological polar surface area (TPSA) is 49.7 Å². The van der Waals surface area contributed by atoms with Crippen molar-refractivity contribution in [1.29, 1.82) is 0 Å². The van der Waals surface area contributed by atoms with Crippen molar-refractivity contribution in [2.75, 3.05) is 0 Å². The van der Waals surface area contributed by atoms with Crippen LogP contribution >= 0.6 is 0 Å². The quantitative estimate of drug-likeness (QED) is 0.658. The molecule has 3 nitrogen and oxygen atoms in total. The predicted octanol–water partition coefficient (Wildman–Crippen LogP) is 1.43. The summed E-state index contributed by atoms with van der Waals surface area (Å²) in [6, 6.07) is 0. The Morgan fingerprint density at radius 2 is 1.46 bits per heavy atom. The van der Waals surface area contributed by atoms with E-state index in [-0.39, 0.29) is 11.3 Å². The maximum atomic E-state index is 8.83. The Labute approximate surface area is 81.3 Å². The second-order valence-corrected chi connectivity index (χ2v) is 4.96. The molecule has 78 valence electrons. The van der Waals surface area contributed by atoms with Crippen molar-refractivity contribution in [2.45, 2.75) is 47.1 Å². The van der Waals surface area contributed by atoms with Gasteiger partial charge in [-0.2, -0.15) is 0 Å². The van der Waals surface area contributed by atoms with Crippen molar-refractivity contribution < 1.29 is 14.7 Å². The first kappa shape index (κ1) is 12.9. The molecule has 0 aromatic rings. The van der Waals surface area contributed by atoms with Crippen LogP contribution in [0.3, 0.4) is 0 Å². The van der Waals surface area contributed by atoms with E-state index in [0.29, 0.717) is 0 Å². The van der Waals surface area contributed by atoms with Gasteiger partial charge in [0.2, 0.25) is 0 Å². The van der Waals surface area contributed by atoms with Crippen LogP contribution in [0.25, 0.3) is 0 Å². The Bertz CT molecular complexity index is 163. The van der Waals surface area contributed by atoms with Crippen molar-refractivity contribution in [3.8, 4) is 0 Å². The Hall–Kier alpha value is -0.0551. The van der Waals surface area contributed by atoms with Crippen LogP contribution in [-0.2, 0) is 4.65 Å². The van der Waals surface area contributed by atoms with Crippen LogP contribution in [0.1, 0.15) is 41.5 Å². The van der Waals surface area contributed by atoms with Gasteiger partial charge in [-0.05, 0) is 18.3 Å². The van der Waals surface area contributed by atoms with E-state index in [1.165, 1.54) is 0 Å².